The minimum absolute atomic E-state index is 0.108. The molecule has 0 saturated heterocycles. The minimum Gasteiger partial charge on any atom is -0.491 e. The van der Waals surface area contributed by atoms with E-state index in [4.69, 9.17) is 4.74 Å². The van der Waals surface area contributed by atoms with Gasteiger partial charge in [-0.3, -0.25) is 4.72 Å². The fraction of sp³-hybridized carbons (Fsp3) is 0.538. The molecule has 0 aliphatic heterocycles. The number of rotatable bonds is 7. The molecule has 0 spiro atoms. The third-order valence-corrected chi connectivity index (χ3v) is 3.64. The van der Waals surface area contributed by atoms with Gasteiger partial charge in [0.2, 0.25) is 10.0 Å². The van der Waals surface area contributed by atoms with Crippen LogP contribution in [0.3, 0.4) is 0 Å². The number of sulfonamides is 1. The Hall–Kier alpha value is -1.23. The Balaban J connectivity index is 2.63. The molecule has 0 unspecified atom stereocenters. The molecule has 1 aromatic rings. The van der Waals surface area contributed by atoms with E-state index in [0.29, 0.717) is 12.1 Å². The van der Waals surface area contributed by atoms with Crippen molar-refractivity contribution in [1.29, 1.82) is 0 Å². The zero-order chi connectivity index (χ0) is 13.6. The Labute approximate surface area is 109 Å². The second-order valence-corrected chi connectivity index (χ2v) is 6.31. The molecule has 0 fully saturated rings. The van der Waals surface area contributed by atoms with Crippen LogP contribution in [0.4, 0.5) is 5.69 Å². The first-order valence-electron chi connectivity index (χ1n) is 6.20. The van der Waals surface area contributed by atoms with Crippen LogP contribution in [0.2, 0.25) is 0 Å². The lowest BCUT2D eigenvalue weighted by atomic mass is 10.3. The Bertz CT molecular complexity index is 452. The third-order valence-electron chi connectivity index (χ3n) is 2.27. The van der Waals surface area contributed by atoms with Crippen molar-refractivity contribution in [2.45, 2.75) is 39.7 Å². The summed E-state index contributed by atoms with van der Waals surface area (Å²) in [6.45, 7) is 5.86. The van der Waals surface area contributed by atoms with Crippen molar-refractivity contribution in [3.63, 3.8) is 0 Å². The molecule has 1 N–H and O–H groups in total. The Morgan fingerprint density at radius 1 is 1.22 bits per heavy atom. The van der Waals surface area contributed by atoms with Crippen molar-refractivity contribution < 1.29 is 13.2 Å². The van der Waals surface area contributed by atoms with Crippen LogP contribution in [0.25, 0.3) is 0 Å². The summed E-state index contributed by atoms with van der Waals surface area (Å²) in [4.78, 5) is 0. The second-order valence-electron chi connectivity index (χ2n) is 4.47. The van der Waals surface area contributed by atoms with E-state index < -0.39 is 10.0 Å². The van der Waals surface area contributed by atoms with E-state index in [1.165, 1.54) is 0 Å². The molecular weight excluding hydrogens is 250 g/mol. The van der Waals surface area contributed by atoms with E-state index in [2.05, 4.69) is 4.72 Å². The predicted molar refractivity (Wildman–Crippen MR) is 74.5 cm³/mol. The summed E-state index contributed by atoms with van der Waals surface area (Å²) >= 11 is 0. The molecule has 0 aromatic heterocycles. The summed E-state index contributed by atoms with van der Waals surface area (Å²) in [7, 11) is -3.22. The average Bonchev–Trinajstić information content (AvgIpc) is 2.28. The normalized spacial score (nSPS) is 11.6. The van der Waals surface area contributed by atoms with Crippen molar-refractivity contribution >= 4 is 15.7 Å². The van der Waals surface area contributed by atoms with Gasteiger partial charge in [-0.25, -0.2) is 8.42 Å². The monoisotopic (exact) mass is 271 g/mol. The second kappa shape index (κ2) is 6.64. The summed E-state index contributed by atoms with van der Waals surface area (Å²) in [5.41, 5.74) is 0.571. The van der Waals surface area contributed by atoms with Crippen LogP contribution >= 0.6 is 0 Å². The van der Waals surface area contributed by atoms with Crippen LogP contribution in [-0.2, 0) is 10.0 Å². The molecular formula is C13H21NO3S. The van der Waals surface area contributed by atoms with Gasteiger partial charge in [-0.1, -0.05) is 13.3 Å². The molecule has 5 heteroatoms. The molecule has 0 heterocycles. The smallest absolute Gasteiger partial charge is 0.232 e. The minimum atomic E-state index is -3.22. The first kappa shape index (κ1) is 14.8. The number of benzene rings is 1. The number of unbranched alkanes of at least 4 members (excludes halogenated alkanes) is 1. The number of nitrogens with one attached hydrogen (secondary N) is 1. The molecule has 0 bridgehead atoms. The Morgan fingerprint density at radius 2 is 1.83 bits per heavy atom. The van der Waals surface area contributed by atoms with Crippen LogP contribution < -0.4 is 9.46 Å². The molecule has 1 rings (SSSR count). The summed E-state index contributed by atoms with van der Waals surface area (Å²) in [6, 6.07) is 6.94. The molecule has 0 amide bonds. The highest BCUT2D eigenvalue weighted by atomic mass is 32.2. The van der Waals surface area contributed by atoms with Gasteiger partial charge in [0.15, 0.2) is 0 Å². The summed E-state index contributed by atoms with van der Waals surface area (Å²) in [6.07, 6.45) is 1.64. The summed E-state index contributed by atoms with van der Waals surface area (Å²) in [5, 5.41) is 0. The van der Waals surface area contributed by atoms with Gasteiger partial charge >= 0.3 is 0 Å². The van der Waals surface area contributed by atoms with Crippen LogP contribution in [0.15, 0.2) is 24.3 Å². The fourth-order valence-corrected chi connectivity index (χ4v) is 2.70. The molecule has 0 atom stereocenters. The number of hydrogen-bond acceptors (Lipinski definition) is 3. The molecule has 0 radical (unpaired) electrons. The Kier molecular flexibility index (Phi) is 5.47. The van der Waals surface area contributed by atoms with E-state index in [0.717, 1.165) is 12.2 Å². The van der Waals surface area contributed by atoms with Crippen LogP contribution in [0, 0.1) is 0 Å². The van der Waals surface area contributed by atoms with Gasteiger partial charge in [0, 0.05) is 5.69 Å². The highest BCUT2D eigenvalue weighted by Crippen LogP contribution is 2.18. The van der Waals surface area contributed by atoms with Gasteiger partial charge in [0.25, 0.3) is 0 Å². The van der Waals surface area contributed by atoms with Gasteiger partial charge in [-0.15, -0.1) is 0 Å². The topological polar surface area (TPSA) is 55.4 Å². The fourth-order valence-electron chi connectivity index (χ4n) is 1.44. The van der Waals surface area contributed by atoms with E-state index >= 15 is 0 Å². The van der Waals surface area contributed by atoms with Crippen molar-refractivity contribution in [2.75, 3.05) is 10.5 Å². The maximum atomic E-state index is 11.7. The standard InChI is InChI=1S/C13H21NO3S/c1-4-5-10-18(15,16)14-12-6-8-13(9-7-12)17-11(2)3/h6-9,11,14H,4-5,10H2,1-3H3. The molecule has 102 valence electrons. The largest absolute Gasteiger partial charge is 0.491 e. The number of ether oxygens (including phenoxy) is 1. The number of anilines is 1. The van der Waals surface area contributed by atoms with Crippen molar-refractivity contribution in [2.24, 2.45) is 0 Å². The lowest BCUT2D eigenvalue weighted by Crippen LogP contribution is -2.16. The SMILES string of the molecule is CCCCS(=O)(=O)Nc1ccc(OC(C)C)cc1. The Morgan fingerprint density at radius 3 is 2.33 bits per heavy atom. The highest BCUT2D eigenvalue weighted by molar-refractivity contribution is 7.92. The van der Waals surface area contributed by atoms with Gasteiger partial charge in [-0.05, 0) is 44.5 Å². The van der Waals surface area contributed by atoms with Crippen molar-refractivity contribution in [3.05, 3.63) is 24.3 Å². The van der Waals surface area contributed by atoms with Gasteiger partial charge < -0.3 is 4.74 Å². The summed E-state index contributed by atoms with van der Waals surface area (Å²) < 4.78 is 31.4. The van der Waals surface area contributed by atoms with Gasteiger partial charge in [-0.2, -0.15) is 0 Å². The lowest BCUT2D eigenvalue weighted by molar-refractivity contribution is 0.242. The average molecular weight is 271 g/mol. The van der Waals surface area contributed by atoms with E-state index in [-0.39, 0.29) is 11.9 Å². The summed E-state index contributed by atoms with van der Waals surface area (Å²) in [5.74, 6) is 0.898. The van der Waals surface area contributed by atoms with E-state index in [1.54, 1.807) is 24.3 Å². The van der Waals surface area contributed by atoms with Gasteiger partial charge in [0.05, 0.1) is 11.9 Å². The molecule has 0 aliphatic rings. The van der Waals surface area contributed by atoms with Crippen LogP contribution in [0.5, 0.6) is 5.75 Å². The van der Waals surface area contributed by atoms with E-state index in [1.807, 2.05) is 20.8 Å². The third kappa shape index (κ3) is 5.40. The maximum absolute atomic E-state index is 11.7. The van der Waals surface area contributed by atoms with Crippen molar-refractivity contribution in [1.82, 2.24) is 0 Å². The van der Waals surface area contributed by atoms with Gasteiger partial charge in [0.1, 0.15) is 5.75 Å². The molecule has 18 heavy (non-hydrogen) atoms. The predicted octanol–water partition coefficient (Wildman–Crippen LogP) is 3.02. The molecule has 0 saturated carbocycles. The van der Waals surface area contributed by atoms with E-state index in [9.17, 15) is 8.42 Å². The quantitative estimate of drug-likeness (QED) is 0.829. The van der Waals surface area contributed by atoms with Crippen LogP contribution in [0.1, 0.15) is 33.6 Å². The lowest BCUT2D eigenvalue weighted by Gasteiger charge is -2.11. The molecule has 4 nitrogen and oxygen atoms in total. The number of hydrogen-bond donors (Lipinski definition) is 1. The zero-order valence-electron chi connectivity index (χ0n) is 11.1. The first-order chi connectivity index (χ1) is 8.43. The molecule has 1 aromatic carbocycles. The highest BCUT2D eigenvalue weighted by Gasteiger charge is 2.09. The molecule has 0 aliphatic carbocycles. The van der Waals surface area contributed by atoms with Crippen molar-refractivity contribution in [3.8, 4) is 5.75 Å². The zero-order valence-corrected chi connectivity index (χ0v) is 12.0. The van der Waals surface area contributed by atoms with Crippen LogP contribution in [-0.4, -0.2) is 20.3 Å². The maximum Gasteiger partial charge on any atom is 0.232 e. The first-order valence-corrected chi connectivity index (χ1v) is 7.85.